The van der Waals surface area contributed by atoms with E-state index < -0.39 is 0 Å². The van der Waals surface area contributed by atoms with Gasteiger partial charge in [-0.15, -0.1) is 0 Å². The third kappa shape index (κ3) is 3.49. The molecule has 0 saturated heterocycles. The quantitative estimate of drug-likeness (QED) is 0.737. The molecule has 15 heavy (non-hydrogen) atoms. The smallest absolute Gasteiger partial charge is 0.234 e. The molecule has 2 rings (SSSR count). The molecule has 2 aliphatic carbocycles. The van der Waals surface area contributed by atoms with Crippen LogP contribution in [-0.2, 0) is 4.79 Å². The molecule has 0 spiro atoms. The van der Waals surface area contributed by atoms with Crippen LogP contribution in [0.2, 0.25) is 0 Å². The maximum atomic E-state index is 11.5. The minimum absolute atomic E-state index is 0.176. The minimum Gasteiger partial charge on any atom is -0.352 e. The first-order valence-electron chi connectivity index (χ1n) is 6.28. The first kappa shape index (κ1) is 10.9. The molecular weight excluding hydrogens is 188 g/mol. The molecule has 1 amide bonds. The molecule has 2 aliphatic rings. The molecule has 2 unspecified atom stereocenters. The van der Waals surface area contributed by atoms with Crippen molar-refractivity contribution in [3.63, 3.8) is 0 Å². The van der Waals surface area contributed by atoms with Gasteiger partial charge in [0.1, 0.15) is 0 Å². The molecular formula is C12H22N2O. The Hall–Kier alpha value is -0.570. The lowest BCUT2D eigenvalue weighted by atomic mass is 9.86. The van der Waals surface area contributed by atoms with Gasteiger partial charge in [0.2, 0.25) is 5.91 Å². The number of rotatable bonds is 4. The number of nitrogens with one attached hydrogen (secondary N) is 2. The number of carbonyl (C=O) groups excluding carboxylic acids is 1. The third-order valence-corrected chi connectivity index (χ3v) is 3.58. The van der Waals surface area contributed by atoms with Crippen LogP contribution in [0.5, 0.6) is 0 Å². The molecule has 0 aromatic carbocycles. The molecule has 3 nitrogen and oxygen atoms in total. The maximum absolute atomic E-state index is 11.5. The zero-order chi connectivity index (χ0) is 10.7. The van der Waals surface area contributed by atoms with Gasteiger partial charge in [-0.1, -0.05) is 19.8 Å². The first-order valence-corrected chi connectivity index (χ1v) is 6.28. The van der Waals surface area contributed by atoms with Crippen molar-refractivity contribution >= 4 is 5.91 Å². The van der Waals surface area contributed by atoms with Crippen LogP contribution in [0, 0.1) is 5.92 Å². The summed E-state index contributed by atoms with van der Waals surface area (Å²) in [6, 6.07) is 1.05. The van der Waals surface area contributed by atoms with E-state index in [2.05, 4.69) is 17.6 Å². The van der Waals surface area contributed by atoms with Crippen LogP contribution in [0.1, 0.15) is 45.4 Å². The number of hydrogen-bond donors (Lipinski definition) is 2. The van der Waals surface area contributed by atoms with E-state index in [1.807, 2.05) is 0 Å². The van der Waals surface area contributed by atoms with E-state index in [-0.39, 0.29) is 5.91 Å². The molecule has 0 aromatic rings. The fraction of sp³-hybridized carbons (Fsp3) is 0.917. The average Bonchev–Trinajstić information content (AvgIpc) is 3.00. The predicted molar refractivity (Wildman–Crippen MR) is 60.6 cm³/mol. The average molecular weight is 210 g/mol. The van der Waals surface area contributed by atoms with Crippen molar-refractivity contribution in [1.29, 1.82) is 0 Å². The summed E-state index contributed by atoms with van der Waals surface area (Å²) in [6.45, 7) is 2.79. The Bertz CT molecular complexity index is 226. The summed E-state index contributed by atoms with van der Waals surface area (Å²) >= 11 is 0. The van der Waals surface area contributed by atoms with Crippen molar-refractivity contribution in [2.24, 2.45) is 5.92 Å². The Balaban J connectivity index is 1.64. The van der Waals surface area contributed by atoms with E-state index in [9.17, 15) is 4.79 Å². The number of amides is 1. The highest BCUT2D eigenvalue weighted by Crippen LogP contribution is 2.23. The number of carbonyl (C=O) groups is 1. The SMILES string of the molecule is CC1CCCCC1NCC(=O)NC1CC1. The summed E-state index contributed by atoms with van der Waals surface area (Å²) in [7, 11) is 0. The summed E-state index contributed by atoms with van der Waals surface area (Å²) in [5, 5.41) is 6.40. The Morgan fingerprint density at radius 3 is 2.60 bits per heavy atom. The third-order valence-electron chi connectivity index (χ3n) is 3.58. The summed E-state index contributed by atoms with van der Waals surface area (Å²) in [5.74, 6) is 0.905. The first-order chi connectivity index (χ1) is 7.25. The lowest BCUT2D eigenvalue weighted by molar-refractivity contribution is -0.120. The van der Waals surface area contributed by atoms with Crippen molar-refractivity contribution < 1.29 is 4.79 Å². The fourth-order valence-electron chi connectivity index (χ4n) is 2.35. The highest BCUT2D eigenvalue weighted by Gasteiger charge is 2.24. The zero-order valence-electron chi connectivity index (χ0n) is 9.59. The minimum atomic E-state index is 0.176. The molecule has 0 aliphatic heterocycles. The second-order valence-corrected chi connectivity index (χ2v) is 5.09. The lowest BCUT2D eigenvalue weighted by Crippen LogP contribution is -2.43. The zero-order valence-corrected chi connectivity index (χ0v) is 9.59. The van der Waals surface area contributed by atoms with E-state index >= 15 is 0 Å². The van der Waals surface area contributed by atoms with Gasteiger partial charge in [0.05, 0.1) is 6.54 Å². The van der Waals surface area contributed by atoms with Crippen molar-refractivity contribution in [1.82, 2.24) is 10.6 Å². The van der Waals surface area contributed by atoms with Crippen molar-refractivity contribution in [3.8, 4) is 0 Å². The number of hydrogen-bond acceptors (Lipinski definition) is 2. The van der Waals surface area contributed by atoms with Gasteiger partial charge in [-0.3, -0.25) is 4.79 Å². The van der Waals surface area contributed by atoms with Gasteiger partial charge < -0.3 is 10.6 Å². The van der Waals surface area contributed by atoms with E-state index in [4.69, 9.17) is 0 Å². The van der Waals surface area contributed by atoms with Gasteiger partial charge in [0.15, 0.2) is 0 Å². The second kappa shape index (κ2) is 4.97. The molecule has 0 bridgehead atoms. The fourth-order valence-corrected chi connectivity index (χ4v) is 2.35. The van der Waals surface area contributed by atoms with Crippen LogP contribution >= 0.6 is 0 Å². The molecule has 2 saturated carbocycles. The standard InChI is InChI=1S/C12H22N2O/c1-9-4-2-3-5-11(9)13-8-12(15)14-10-6-7-10/h9-11,13H,2-8H2,1H3,(H,14,15). The summed E-state index contributed by atoms with van der Waals surface area (Å²) in [5.41, 5.74) is 0. The molecule has 2 atom stereocenters. The van der Waals surface area contributed by atoms with Gasteiger partial charge >= 0.3 is 0 Å². The molecule has 0 heterocycles. The predicted octanol–water partition coefficient (Wildman–Crippen LogP) is 1.43. The second-order valence-electron chi connectivity index (χ2n) is 5.09. The summed E-state index contributed by atoms with van der Waals surface area (Å²) < 4.78 is 0. The molecule has 2 fully saturated rings. The topological polar surface area (TPSA) is 41.1 Å². The molecule has 86 valence electrons. The van der Waals surface area contributed by atoms with E-state index in [1.165, 1.54) is 38.5 Å². The van der Waals surface area contributed by atoms with Gasteiger partial charge in [-0.25, -0.2) is 0 Å². The van der Waals surface area contributed by atoms with E-state index in [0.29, 0.717) is 18.6 Å². The van der Waals surface area contributed by atoms with Gasteiger partial charge in [-0.05, 0) is 31.6 Å². The Kier molecular flexibility index (Phi) is 3.62. The maximum Gasteiger partial charge on any atom is 0.234 e. The van der Waals surface area contributed by atoms with Crippen LogP contribution in [0.3, 0.4) is 0 Å². The lowest BCUT2D eigenvalue weighted by Gasteiger charge is -2.29. The van der Waals surface area contributed by atoms with Crippen LogP contribution in [0.4, 0.5) is 0 Å². The Labute approximate surface area is 92.0 Å². The van der Waals surface area contributed by atoms with Crippen LogP contribution < -0.4 is 10.6 Å². The largest absolute Gasteiger partial charge is 0.352 e. The van der Waals surface area contributed by atoms with Crippen molar-refractivity contribution in [2.45, 2.75) is 57.5 Å². The van der Waals surface area contributed by atoms with Crippen LogP contribution in [0.25, 0.3) is 0 Å². The van der Waals surface area contributed by atoms with Crippen molar-refractivity contribution in [2.75, 3.05) is 6.54 Å². The van der Waals surface area contributed by atoms with E-state index in [0.717, 1.165) is 5.92 Å². The monoisotopic (exact) mass is 210 g/mol. The highest BCUT2D eigenvalue weighted by molar-refractivity contribution is 5.78. The summed E-state index contributed by atoms with van der Waals surface area (Å²) in [6.07, 6.45) is 7.55. The van der Waals surface area contributed by atoms with Crippen LogP contribution in [-0.4, -0.2) is 24.5 Å². The molecule has 2 N–H and O–H groups in total. The van der Waals surface area contributed by atoms with Crippen LogP contribution in [0.15, 0.2) is 0 Å². The van der Waals surface area contributed by atoms with Gasteiger partial charge in [0, 0.05) is 12.1 Å². The highest BCUT2D eigenvalue weighted by atomic mass is 16.2. The molecule has 0 aromatic heterocycles. The summed E-state index contributed by atoms with van der Waals surface area (Å²) in [4.78, 5) is 11.5. The molecule has 0 radical (unpaired) electrons. The van der Waals surface area contributed by atoms with Gasteiger partial charge in [-0.2, -0.15) is 0 Å². The van der Waals surface area contributed by atoms with Gasteiger partial charge in [0.25, 0.3) is 0 Å². The Morgan fingerprint density at radius 1 is 1.20 bits per heavy atom. The molecule has 3 heteroatoms. The Morgan fingerprint density at radius 2 is 1.93 bits per heavy atom. The van der Waals surface area contributed by atoms with E-state index in [1.54, 1.807) is 0 Å². The van der Waals surface area contributed by atoms with Crippen molar-refractivity contribution in [3.05, 3.63) is 0 Å². The normalized spacial score (nSPS) is 31.3.